The van der Waals surface area contributed by atoms with Gasteiger partial charge in [-0.15, -0.1) is 0 Å². The van der Waals surface area contributed by atoms with Gasteiger partial charge < -0.3 is 14.2 Å². The van der Waals surface area contributed by atoms with Crippen LogP contribution in [0.4, 0.5) is 0 Å². The monoisotopic (exact) mass is 507 g/mol. The van der Waals surface area contributed by atoms with Gasteiger partial charge in [-0.3, -0.25) is 4.79 Å². The van der Waals surface area contributed by atoms with E-state index < -0.39 is 12.6 Å². The molecule has 2 aromatic heterocycles. The number of carbonyl (C=O) groups is 2. The minimum absolute atomic E-state index is 0.272. The molecule has 0 amide bonds. The van der Waals surface area contributed by atoms with Gasteiger partial charge in [-0.25, -0.2) is 14.5 Å². The van der Waals surface area contributed by atoms with Crippen molar-refractivity contribution in [3.8, 4) is 28.4 Å². The van der Waals surface area contributed by atoms with Crippen molar-refractivity contribution in [3.63, 3.8) is 0 Å². The molecule has 5 aromatic rings. The van der Waals surface area contributed by atoms with Crippen LogP contribution in [0.5, 0.6) is 11.5 Å². The van der Waals surface area contributed by atoms with E-state index >= 15 is 0 Å². The summed E-state index contributed by atoms with van der Waals surface area (Å²) in [7, 11) is 3.08. The SMILES string of the molecule is COc1ccc(-c2cc(C(=O)OCC(=O)c3ccccc3OC)c3c(C)nn(-c4ccccc4)c3n2)cc1. The highest BCUT2D eigenvalue weighted by Crippen LogP contribution is 2.30. The van der Waals surface area contributed by atoms with E-state index in [0.717, 1.165) is 11.3 Å². The average Bonchev–Trinajstić information content (AvgIpc) is 3.31. The first-order valence-corrected chi connectivity index (χ1v) is 11.9. The number of pyridine rings is 1. The standard InChI is InChI=1S/C30H25N3O5/c1-19-28-24(30(35)38-18-26(34)23-11-7-8-12-27(23)37-3)17-25(20-13-15-22(36-2)16-14-20)31-29(28)33(32-19)21-9-5-4-6-10-21/h4-17H,18H2,1-3H3. The van der Waals surface area contributed by atoms with Gasteiger partial charge in [0.1, 0.15) is 11.5 Å². The van der Waals surface area contributed by atoms with Crippen LogP contribution < -0.4 is 9.47 Å². The second-order valence-electron chi connectivity index (χ2n) is 8.51. The lowest BCUT2D eigenvalue weighted by molar-refractivity contribution is 0.0476. The van der Waals surface area contributed by atoms with Crippen LogP contribution in [-0.4, -0.2) is 47.3 Å². The van der Waals surface area contributed by atoms with Crippen LogP contribution in [0.25, 0.3) is 28.0 Å². The number of Topliss-reactive ketones (excluding diaryl/α,β-unsaturated/α-hetero) is 1. The number of hydrogen-bond acceptors (Lipinski definition) is 7. The van der Waals surface area contributed by atoms with Gasteiger partial charge in [-0.2, -0.15) is 5.10 Å². The fourth-order valence-electron chi connectivity index (χ4n) is 4.27. The summed E-state index contributed by atoms with van der Waals surface area (Å²) in [6.07, 6.45) is 0. The first kappa shape index (κ1) is 24.7. The molecule has 0 spiro atoms. The summed E-state index contributed by atoms with van der Waals surface area (Å²) >= 11 is 0. The fourth-order valence-corrected chi connectivity index (χ4v) is 4.27. The maximum absolute atomic E-state index is 13.4. The highest BCUT2D eigenvalue weighted by Gasteiger charge is 2.23. The van der Waals surface area contributed by atoms with E-state index in [1.54, 1.807) is 42.1 Å². The summed E-state index contributed by atoms with van der Waals surface area (Å²) in [5, 5.41) is 5.23. The number of aromatic nitrogens is 3. The Labute approximate surface area is 219 Å². The van der Waals surface area contributed by atoms with Crippen molar-refractivity contribution >= 4 is 22.8 Å². The third kappa shape index (κ3) is 4.71. The molecule has 0 N–H and O–H groups in total. The zero-order valence-corrected chi connectivity index (χ0v) is 21.2. The second kappa shape index (κ2) is 10.6. The van der Waals surface area contributed by atoms with Crippen molar-refractivity contribution in [2.24, 2.45) is 0 Å². The Morgan fingerprint density at radius 1 is 0.842 bits per heavy atom. The van der Waals surface area contributed by atoms with E-state index in [1.807, 2.05) is 61.5 Å². The van der Waals surface area contributed by atoms with Crippen LogP contribution >= 0.6 is 0 Å². The number of benzene rings is 3. The van der Waals surface area contributed by atoms with Gasteiger partial charge in [0, 0.05) is 5.56 Å². The molecule has 0 bridgehead atoms. The number of nitrogens with zero attached hydrogens (tertiary/aromatic N) is 3. The zero-order valence-electron chi connectivity index (χ0n) is 21.2. The Hall–Kier alpha value is -4.98. The minimum atomic E-state index is -0.647. The summed E-state index contributed by atoms with van der Waals surface area (Å²) in [5.41, 5.74) is 3.87. The Balaban J connectivity index is 1.57. The molecule has 3 aromatic carbocycles. The summed E-state index contributed by atoms with van der Waals surface area (Å²) in [6.45, 7) is 1.38. The fraction of sp³-hybridized carbons (Fsp3) is 0.133. The van der Waals surface area contributed by atoms with Gasteiger partial charge in [0.15, 0.2) is 12.3 Å². The molecule has 8 nitrogen and oxygen atoms in total. The van der Waals surface area contributed by atoms with Crippen LogP contribution in [-0.2, 0) is 4.74 Å². The van der Waals surface area contributed by atoms with Crippen molar-refractivity contribution in [3.05, 3.63) is 102 Å². The number of para-hydroxylation sites is 2. The number of carbonyl (C=O) groups excluding carboxylic acids is 2. The van der Waals surface area contributed by atoms with E-state index in [0.29, 0.717) is 39.5 Å². The predicted octanol–water partition coefficient (Wildman–Crippen LogP) is 5.45. The maximum atomic E-state index is 13.4. The van der Waals surface area contributed by atoms with Crippen LogP contribution in [0.3, 0.4) is 0 Å². The average molecular weight is 508 g/mol. The van der Waals surface area contributed by atoms with Crippen molar-refractivity contribution in [1.29, 1.82) is 0 Å². The molecule has 38 heavy (non-hydrogen) atoms. The minimum Gasteiger partial charge on any atom is -0.497 e. The number of methoxy groups -OCH3 is 2. The van der Waals surface area contributed by atoms with Gasteiger partial charge >= 0.3 is 5.97 Å². The summed E-state index contributed by atoms with van der Waals surface area (Å²) in [4.78, 5) is 31.1. The second-order valence-corrected chi connectivity index (χ2v) is 8.51. The van der Waals surface area contributed by atoms with E-state index in [9.17, 15) is 9.59 Å². The molecule has 0 atom stereocenters. The normalized spacial score (nSPS) is 10.8. The number of aryl methyl sites for hydroxylation is 1. The van der Waals surface area contributed by atoms with Gasteiger partial charge in [0.05, 0.1) is 47.8 Å². The highest BCUT2D eigenvalue weighted by molar-refractivity contribution is 6.07. The van der Waals surface area contributed by atoms with Crippen molar-refractivity contribution < 1.29 is 23.8 Å². The number of rotatable bonds is 8. The molecule has 2 heterocycles. The molecule has 8 heteroatoms. The van der Waals surface area contributed by atoms with E-state index in [4.69, 9.17) is 19.2 Å². The molecule has 0 radical (unpaired) electrons. The van der Waals surface area contributed by atoms with Gasteiger partial charge in [0.25, 0.3) is 0 Å². The van der Waals surface area contributed by atoms with E-state index in [-0.39, 0.29) is 11.3 Å². The van der Waals surface area contributed by atoms with Gasteiger partial charge in [-0.1, -0.05) is 30.3 Å². The molecule has 0 aliphatic rings. The Bertz CT molecular complexity index is 1630. The summed E-state index contributed by atoms with van der Waals surface area (Å²) in [5.74, 6) is 0.107. The molecule has 0 aliphatic carbocycles. The maximum Gasteiger partial charge on any atom is 0.339 e. The van der Waals surface area contributed by atoms with Gasteiger partial charge in [0.2, 0.25) is 5.78 Å². The largest absolute Gasteiger partial charge is 0.497 e. The molecular weight excluding hydrogens is 482 g/mol. The number of hydrogen-bond donors (Lipinski definition) is 0. The lowest BCUT2D eigenvalue weighted by Gasteiger charge is -2.11. The Morgan fingerprint density at radius 2 is 1.55 bits per heavy atom. The molecular formula is C30H25N3O5. The quantitative estimate of drug-likeness (QED) is 0.204. The highest BCUT2D eigenvalue weighted by atomic mass is 16.5. The molecule has 0 aliphatic heterocycles. The van der Waals surface area contributed by atoms with E-state index in [2.05, 4.69) is 5.10 Å². The topological polar surface area (TPSA) is 92.5 Å². The van der Waals surface area contributed by atoms with Crippen LogP contribution in [0.1, 0.15) is 26.4 Å². The predicted molar refractivity (Wildman–Crippen MR) is 143 cm³/mol. The molecule has 0 fully saturated rings. The van der Waals surface area contributed by atoms with Crippen LogP contribution in [0.15, 0.2) is 84.9 Å². The van der Waals surface area contributed by atoms with Gasteiger partial charge in [-0.05, 0) is 61.5 Å². The molecule has 0 saturated carbocycles. The molecule has 5 rings (SSSR count). The first-order valence-electron chi connectivity index (χ1n) is 11.9. The lowest BCUT2D eigenvalue weighted by Crippen LogP contribution is -2.15. The Kier molecular flexibility index (Phi) is 6.86. The lowest BCUT2D eigenvalue weighted by atomic mass is 10.1. The molecule has 0 unspecified atom stereocenters. The number of fused-ring (bicyclic) bond motifs is 1. The smallest absolute Gasteiger partial charge is 0.339 e. The molecule has 190 valence electrons. The van der Waals surface area contributed by atoms with Crippen molar-refractivity contribution in [1.82, 2.24) is 14.8 Å². The summed E-state index contributed by atoms with van der Waals surface area (Å²) < 4.78 is 17.8. The number of ketones is 1. The number of ether oxygens (including phenoxy) is 3. The van der Waals surface area contributed by atoms with Crippen LogP contribution in [0.2, 0.25) is 0 Å². The summed E-state index contributed by atoms with van der Waals surface area (Å²) in [6, 6.07) is 25.4. The number of esters is 1. The zero-order chi connectivity index (χ0) is 26.6. The molecule has 0 saturated heterocycles. The third-order valence-corrected chi connectivity index (χ3v) is 6.16. The third-order valence-electron chi connectivity index (χ3n) is 6.16. The van der Waals surface area contributed by atoms with Crippen LogP contribution in [0, 0.1) is 6.92 Å². The Morgan fingerprint density at radius 3 is 2.26 bits per heavy atom. The van der Waals surface area contributed by atoms with Crippen molar-refractivity contribution in [2.45, 2.75) is 6.92 Å². The van der Waals surface area contributed by atoms with E-state index in [1.165, 1.54) is 7.11 Å². The van der Waals surface area contributed by atoms with Crippen molar-refractivity contribution in [2.75, 3.05) is 20.8 Å². The first-order chi connectivity index (χ1) is 18.5.